The van der Waals surface area contributed by atoms with Crippen molar-refractivity contribution in [1.29, 1.82) is 0 Å². The summed E-state index contributed by atoms with van der Waals surface area (Å²) in [7, 11) is 0. The number of fused-ring (bicyclic) bond motifs is 2. The number of hydrogen-bond acceptors (Lipinski definition) is 9. The Hall–Kier alpha value is -3.79. The molecule has 2 aliphatic rings. The number of amides is 1. The van der Waals surface area contributed by atoms with Crippen molar-refractivity contribution in [3.05, 3.63) is 47.4 Å². The number of nitrogens with one attached hydrogen (secondary N) is 1. The first kappa shape index (κ1) is 25.8. The van der Waals surface area contributed by atoms with Crippen LogP contribution in [0.5, 0.6) is 5.88 Å². The number of rotatable bonds is 7. The van der Waals surface area contributed by atoms with Crippen LogP contribution in [0.4, 0.5) is 11.6 Å². The molecule has 3 aromatic heterocycles. The first-order valence-electron chi connectivity index (χ1n) is 12.9. The summed E-state index contributed by atoms with van der Waals surface area (Å²) in [6.45, 7) is 11.2. The summed E-state index contributed by atoms with van der Waals surface area (Å²) in [4.78, 5) is 40.0. The standard InChI is InChI=1S/C28H34N6O4/c1-16-24-17(26(36)38-28(16,4)5)8-9-21(33-24)32-22-13-18-19(14-30-22)25(31-15-20(18)27(2,3)29)37-12-11-34-10-6-7-23(34)35/h8-9,13-16H,6-7,10-12,29H2,1-5H3,(H,30,32,33)/t16-/m1/s1. The number of hydrogen-bond donors (Lipinski definition) is 2. The molecule has 1 saturated heterocycles. The van der Waals surface area contributed by atoms with E-state index in [2.05, 4.69) is 15.3 Å². The summed E-state index contributed by atoms with van der Waals surface area (Å²) < 4.78 is 11.6. The molecule has 200 valence electrons. The zero-order chi connectivity index (χ0) is 27.2. The minimum absolute atomic E-state index is 0.0761. The zero-order valence-electron chi connectivity index (χ0n) is 22.5. The predicted molar refractivity (Wildman–Crippen MR) is 143 cm³/mol. The zero-order valence-corrected chi connectivity index (χ0v) is 22.5. The molecule has 0 spiro atoms. The number of carbonyl (C=O) groups excluding carboxylic acids is 2. The first-order chi connectivity index (χ1) is 17.9. The van der Waals surface area contributed by atoms with E-state index >= 15 is 0 Å². The number of pyridine rings is 3. The molecule has 38 heavy (non-hydrogen) atoms. The monoisotopic (exact) mass is 518 g/mol. The molecule has 1 amide bonds. The highest BCUT2D eigenvalue weighted by Gasteiger charge is 2.40. The van der Waals surface area contributed by atoms with Crippen LogP contribution >= 0.6 is 0 Å². The Morgan fingerprint density at radius 1 is 1.18 bits per heavy atom. The lowest BCUT2D eigenvalue weighted by atomic mass is 9.84. The predicted octanol–water partition coefficient (Wildman–Crippen LogP) is 4.02. The van der Waals surface area contributed by atoms with Gasteiger partial charge in [0.25, 0.3) is 0 Å². The van der Waals surface area contributed by atoms with E-state index in [4.69, 9.17) is 20.2 Å². The van der Waals surface area contributed by atoms with Crippen molar-refractivity contribution in [2.24, 2.45) is 5.73 Å². The van der Waals surface area contributed by atoms with Crippen LogP contribution in [0.25, 0.3) is 10.8 Å². The molecule has 5 heterocycles. The summed E-state index contributed by atoms with van der Waals surface area (Å²) in [5, 5.41) is 4.86. The van der Waals surface area contributed by atoms with Crippen LogP contribution in [0.15, 0.2) is 30.6 Å². The van der Waals surface area contributed by atoms with E-state index in [-0.39, 0.29) is 17.8 Å². The van der Waals surface area contributed by atoms with Gasteiger partial charge in [-0.05, 0) is 63.3 Å². The van der Waals surface area contributed by atoms with Gasteiger partial charge in [0.2, 0.25) is 11.8 Å². The Kier molecular flexibility index (Phi) is 6.46. The third-order valence-corrected chi connectivity index (χ3v) is 7.41. The molecule has 0 bridgehead atoms. The van der Waals surface area contributed by atoms with Gasteiger partial charge in [0.05, 0.1) is 23.2 Å². The largest absolute Gasteiger partial charge is 0.475 e. The second-order valence-corrected chi connectivity index (χ2v) is 11.1. The summed E-state index contributed by atoms with van der Waals surface area (Å²) in [6.07, 6.45) is 4.92. The molecule has 3 aromatic rings. The quantitative estimate of drug-likeness (QED) is 0.445. The van der Waals surface area contributed by atoms with Crippen LogP contribution < -0.4 is 15.8 Å². The number of cyclic esters (lactones) is 1. The molecule has 10 heteroatoms. The fourth-order valence-electron chi connectivity index (χ4n) is 4.89. The van der Waals surface area contributed by atoms with Crippen LogP contribution in [-0.4, -0.2) is 57.0 Å². The SMILES string of the molecule is C[C@@H]1c2nc(Nc3cc4c(C(C)(C)N)cnc(OCCN5CCCC5=O)c4cn3)ccc2C(=O)OC1(C)C. The van der Waals surface area contributed by atoms with Gasteiger partial charge in [0, 0.05) is 36.8 Å². The number of esters is 1. The second kappa shape index (κ2) is 9.50. The van der Waals surface area contributed by atoms with Crippen LogP contribution in [0.3, 0.4) is 0 Å². The normalized spacial score (nSPS) is 18.9. The number of likely N-dealkylation sites (tertiary alicyclic amines) is 1. The minimum Gasteiger partial charge on any atom is -0.475 e. The van der Waals surface area contributed by atoms with E-state index in [1.807, 2.05) is 45.6 Å². The van der Waals surface area contributed by atoms with E-state index in [0.29, 0.717) is 48.3 Å². The highest BCUT2D eigenvalue weighted by Crippen LogP contribution is 2.38. The smallest absolute Gasteiger partial charge is 0.340 e. The summed E-state index contributed by atoms with van der Waals surface area (Å²) in [5.74, 6) is 1.31. The molecule has 0 saturated carbocycles. The number of ether oxygens (including phenoxy) is 2. The van der Waals surface area contributed by atoms with Crippen molar-refractivity contribution < 1.29 is 19.1 Å². The number of aromatic nitrogens is 3. The van der Waals surface area contributed by atoms with Gasteiger partial charge in [-0.1, -0.05) is 6.92 Å². The molecule has 0 aliphatic carbocycles. The maximum atomic E-state index is 12.4. The minimum atomic E-state index is -0.657. The summed E-state index contributed by atoms with van der Waals surface area (Å²) >= 11 is 0. The molecule has 1 fully saturated rings. The van der Waals surface area contributed by atoms with Crippen LogP contribution in [0, 0.1) is 0 Å². The Bertz CT molecular complexity index is 1410. The highest BCUT2D eigenvalue weighted by atomic mass is 16.6. The van der Waals surface area contributed by atoms with Crippen molar-refractivity contribution in [2.75, 3.05) is 25.0 Å². The molecule has 1 atom stereocenters. The van der Waals surface area contributed by atoms with Crippen molar-refractivity contribution >= 4 is 34.3 Å². The van der Waals surface area contributed by atoms with E-state index in [1.165, 1.54) is 0 Å². The fourth-order valence-corrected chi connectivity index (χ4v) is 4.89. The molecular formula is C28H34N6O4. The van der Waals surface area contributed by atoms with Gasteiger partial charge in [-0.25, -0.2) is 19.7 Å². The van der Waals surface area contributed by atoms with E-state index in [0.717, 1.165) is 29.3 Å². The Morgan fingerprint density at radius 3 is 2.68 bits per heavy atom. The van der Waals surface area contributed by atoms with E-state index < -0.39 is 11.1 Å². The maximum Gasteiger partial charge on any atom is 0.340 e. The number of carbonyl (C=O) groups is 2. The topological polar surface area (TPSA) is 133 Å². The van der Waals surface area contributed by atoms with Gasteiger partial charge < -0.3 is 25.4 Å². The van der Waals surface area contributed by atoms with Crippen molar-refractivity contribution in [3.63, 3.8) is 0 Å². The van der Waals surface area contributed by atoms with Crippen LogP contribution in [0.2, 0.25) is 0 Å². The Morgan fingerprint density at radius 2 is 1.97 bits per heavy atom. The van der Waals surface area contributed by atoms with Gasteiger partial charge >= 0.3 is 5.97 Å². The molecule has 3 N–H and O–H groups in total. The number of anilines is 2. The molecule has 0 radical (unpaired) electrons. The Labute approximate surface area is 221 Å². The third kappa shape index (κ3) is 4.88. The fraction of sp³-hybridized carbons (Fsp3) is 0.464. The van der Waals surface area contributed by atoms with Crippen LogP contribution in [0.1, 0.15) is 75.0 Å². The highest BCUT2D eigenvalue weighted by molar-refractivity contribution is 5.93. The maximum absolute atomic E-state index is 12.4. The van der Waals surface area contributed by atoms with E-state index in [1.54, 1.807) is 24.5 Å². The van der Waals surface area contributed by atoms with E-state index in [9.17, 15) is 9.59 Å². The lowest BCUT2D eigenvalue weighted by Crippen LogP contribution is -2.39. The number of nitrogens with zero attached hydrogens (tertiary/aromatic N) is 4. The van der Waals surface area contributed by atoms with Crippen molar-refractivity contribution in [2.45, 2.75) is 64.5 Å². The third-order valence-electron chi connectivity index (χ3n) is 7.41. The van der Waals surface area contributed by atoms with Gasteiger partial charge in [0.15, 0.2) is 0 Å². The molecule has 5 rings (SSSR count). The second-order valence-electron chi connectivity index (χ2n) is 11.1. The molecule has 0 aromatic carbocycles. The van der Waals surface area contributed by atoms with Gasteiger partial charge in [-0.3, -0.25) is 4.79 Å². The van der Waals surface area contributed by atoms with Crippen molar-refractivity contribution in [1.82, 2.24) is 19.9 Å². The van der Waals surface area contributed by atoms with Crippen molar-refractivity contribution in [3.8, 4) is 5.88 Å². The van der Waals surface area contributed by atoms with Gasteiger partial charge in [-0.15, -0.1) is 0 Å². The molecule has 2 aliphatic heterocycles. The van der Waals surface area contributed by atoms with Crippen LogP contribution in [-0.2, 0) is 15.1 Å². The summed E-state index contributed by atoms with van der Waals surface area (Å²) in [5.41, 5.74) is 7.19. The van der Waals surface area contributed by atoms with Gasteiger partial charge in [0.1, 0.15) is 23.8 Å². The Balaban J connectivity index is 1.44. The molecular weight excluding hydrogens is 484 g/mol. The lowest BCUT2D eigenvalue weighted by Gasteiger charge is -2.36. The summed E-state index contributed by atoms with van der Waals surface area (Å²) in [6, 6.07) is 5.38. The average molecular weight is 519 g/mol. The van der Waals surface area contributed by atoms with Gasteiger partial charge in [-0.2, -0.15) is 0 Å². The molecule has 0 unspecified atom stereocenters. The first-order valence-corrected chi connectivity index (χ1v) is 12.9. The average Bonchev–Trinajstić information content (AvgIpc) is 3.26. The molecule has 10 nitrogen and oxygen atoms in total. The lowest BCUT2D eigenvalue weighted by molar-refractivity contribution is -0.128. The number of nitrogens with two attached hydrogens (primary N) is 1.